The quantitative estimate of drug-likeness (QED) is 0.892. The summed E-state index contributed by atoms with van der Waals surface area (Å²) < 4.78 is 1.11. The number of rotatable bonds is 4. The fourth-order valence-electron chi connectivity index (χ4n) is 1.88. The Morgan fingerprint density at radius 3 is 2.56 bits per heavy atom. The fraction of sp³-hybridized carbons (Fsp3) is 0.538. The summed E-state index contributed by atoms with van der Waals surface area (Å²) in [5.74, 6) is 0. The molecule has 16 heavy (non-hydrogen) atoms. The number of hydrogen-bond acceptors (Lipinski definition) is 2. The van der Waals surface area contributed by atoms with Gasteiger partial charge in [-0.3, -0.25) is 0 Å². The first-order valence-corrected chi connectivity index (χ1v) is 6.35. The zero-order chi connectivity index (χ0) is 12.3. The van der Waals surface area contributed by atoms with E-state index in [4.69, 9.17) is 5.73 Å². The summed E-state index contributed by atoms with van der Waals surface area (Å²) in [7, 11) is 1.98. The van der Waals surface area contributed by atoms with Gasteiger partial charge >= 0.3 is 0 Å². The molecule has 1 rings (SSSR count). The molecule has 0 aliphatic rings. The van der Waals surface area contributed by atoms with Crippen molar-refractivity contribution in [2.24, 2.45) is 5.73 Å². The third-order valence-electron chi connectivity index (χ3n) is 2.70. The fourth-order valence-corrected chi connectivity index (χ4v) is 2.26. The molecule has 0 aliphatic carbocycles. The Hall–Kier alpha value is -0.380. The van der Waals surface area contributed by atoms with Crippen LogP contribution >= 0.6 is 15.9 Å². The van der Waals surface area contributed by atoms with Gasteiger partial charge < -0.3 is 11.1 Å². The first-order chi connectivity index (χ1) is 7.33. The minimum Gasteiger partial charge on any atom is -0.325 e. The SMILES string of the molecule is CNC(CC(C)(C)N)c1cc(Br)ccc1C. The van der Waals surface area contributed by atoms with Gasteiger partial charge in [-0.25, -0.2) is 0 Å². The maximum Gasteiger partial charge on any atom is 0.0337 e. The zero-order valence-electron chi connectivity index (χ0n) is 10.5. The zero-order valence-corrected chi connectivity index (χ0v) is 12.1. The Balaban J connectivity index is 2.99. The Morgan fingerprint density at radius 1 is 1.44 bits per heavy atom. The highest BCUT2D eigenvalue weighted by Crippen LogP contribution is 2.27. The van der Waals surface area contributed by atoms with Gasteiger partial charge in [-0.2, -0.15) is 0 Å². The second kappa shape index (κ2) is 5.30. The molecule has 3 N–H and O–H groups in total. The van der Waals surface area contributed by atoms with Crippen molar-refractivity contribution in [1.29, 1.82) is 0 Å². The van der Waals surface area contributed by atoms with Crippen LogP contribution in [0.4, 0.5) is 0 Å². The molecule has 1 aromatic rings. The number of halogens is 1. The molecule has 1 unspecified atom stereocenters. The van der Waals surface area contributed by atoms with Crippen LogP contribution in [0.25, 0.3) is 0 Å². The number of nitrogens with two attached hydrogens (primary N) is 1. The molecule has 1 atom stereocenters. The molecule has 3 heteroatoms. The van der Waals surface area contributed by atoms with Crippen molar-refractivity contribution in [2.75, 3.05) is 7.05 Å². The minimum absolute atomic E-state index is 0.164. The van der Waals surface area contributed by atoms with Crippen LogP contribution in [0.3, 0.4) is 0 Å². The molecule has 0 saturated carbocycles. The molecule has 0 bridgehead atoms. The molecule has 90 valence electrons. The van der Waals surface area contributed by atoms with Gasteiger partial charge in [0.1, 0.15) is 0 Å². The van der Waals surface area contributed by atoms with Crippen LogP contribution in [0.5, 0.6) is 0 Å². The van der Waals surface area contributed by atoms with E-state index in [1.807, 2.05) is 7.05 Å². The van der Waals surface area contributed by atoms with E-state index in [0.717, 1.165) is 10.9 Å². The third-order valence-corrected chi connectivity index (χ3v) is 3.19. The molecule has 1 aromatic carbocycles. The first-order valence-electron chi connectivity index (χ1n) is 5.55. The molecule has 0 spiro atoms. The molecule has 0 amide bonds. The van der Waals surface area contributed by atoms with Crippen LogP contribution in [0, 0.1) is 6.92 Å². The smallest absolute Gasteiger partial charge is 0.0337 e. The van der Waals surface area contributed by atoms with Gasteiger partial charge in [-0.15, -0.1) is 0 Å². The van der Waals surface area contributed by atoms with Crippen LogP contribution in [-0.2, 0) is 0 Å². The summed E-state index contributed by atoms with van der Waals surface area (Å²) in [5.41, 5.74) is 8.53. The van der Waals surface area contributed by atoms with Crippen molar-refractivity contribution in [3.63, 3.8) is 0 Å². The normalized spacial score (nSPS) is 13.9. The average molecular weight is 285 g/mol. The van der Waals surface area contributed by atoms with Crippen molar-refractivity contribution in [2.45, 2.75) is 38.8 Å². The number of aryl methyl sites for hydroxylation is 1. The van der Waals surface area contributed by atoms with Crippen LogP contribution < -0.4 is 11.1 Å². The van der Waals surface area contributed by atoms with Crippen molar-refractivity contribution in [3.05, 3.63) is 33.8 Å². The highest BCUT2D eigenvalue weighted by Gasteiger charge is 2.20. The van der Waals surface area contributed by atoms with E-state index in [0.29, 0.717) is 6.04 Å². The second-order valence-corrected chi connectivity index (χ2v) is 5.95. The molecule has 0 aromatic heterocycles. The topological polar surface area (TPSA) is 38.0 Å². The third kappa shape index (κ3) is 3.89. The van der Waals surface area contributed by atoms with E-state index in [9.17, 15) is 0 Å². The second-order valence-electron chi connectivity index (χ2n) is 5.03. The highest BCUT2D eigenvalue weighted by atomic mass is 79.9. The molecule has 0 fully saturated rings. The molecular weight excluding hydrogens is 264 g/mol. The predicted octanol–water partition coefficient (Wildman–Crippen LogP) is 3.15. The summed E-state index contributed by atoms with van der Waals surface area (Å²) in [4.78, 5) is 0. The van der Waals surface area contributed by atoms with Crippen molar-refractivity contribution in [3.8, 4) is 0 Å². The Morgan fingerprint density at radius 2 is 2.06 bits per heavy atom. The van der Waals surface area contributed by atoms with E-state index in [1.54, 1.807) is 0 Å². The van der Waals surface area contributed by atoms with E-state index in [-0.39, 0.29) is 5.54 Å². The lowest BCUT2D eigenvalue weighted by Gasteiger charge is -2.27. The maximum absolute atomic E-state index is 6.09. The monoisotopic (exact) mass is 284 g/mol. The van der Waals surface area contributed by atoms with Crippen molar-refractivity contribution >= 4 is 15.9 Å². The highest BCUT2D eigenvalue weighted by molar-refractivity contribution is 9.10. The van der Waals surface area contributed by atoms with E-state index in [2.05, 4.69) is 60.2 Å². The minimum atomic E-state index is -0.164. The lowest BCUT2D eigenvalue weighted by Crippen LogP contribution is -2.37. The van der Waals surface area contributed by atoms with Gasteiger partial charge in [-0.1, -0.05) is 22.0 Å². The molecule has 2 nitrogen and oxygen atoms in total. The number of benzene rings is 1. The average Bonchev–Trinajstić information content (AvgIpc) is 2.17. The Kier molecular flexibility index (Phi) is 4.53. The van der Waals surface area contributed by atoms with Gasteiger partial charge in [0.25, 0.3) is 0 Å². The summed E-state index contributed by atoms with van der Waals surface area (Å²) in [6.45, 7) is 6.25. The summed E-state index contributed by atoms with van der Waals surface area (Å²) in [5, 5.41) is 3.34. The van der Waals surface area contributed by atoms with E-state index < -0.39 is 0 Å². The molecular formula is C13H21BrN2. The van der Waals surface area contributed by atoms with Gasteiger partial charge in [-0.05, 0) is 57.5 Å². The lowest BCUT2D eigenvalue weighted by atomic mass is 9.90. The molecule has 0 heterocycles. The summed E-state index contributed by atoms with van der Waals surface area (Å²) in [6.07, 6.45) is 0.917. The molecule has 0 aliphatic heterocycles. The van der Waals surface area contributed by atoms with Crippen LogP contribution in [0.15, 0.2) is 22.7 Å². The van der Waals surface area contributed by atoms with E-state index >= 15 is 0 Å². The number of nitrogens with one attached hydrogen (secondary N) is 1. The van der Waals surface area contributed by atoms with Gasteiger partial charge in [0.05, 0.1) is 0 Å². The summed E-state index contributed by atoms with van der Waals surface area (Å²) >= 11 is 3.51. The van der Waals surface area contributed by atoms with Crippen LogP contribution in [0.2, 0.25) is 0 Å². The molecule has 0 saturated heterocycles. The lowest BCUT2D eigenvalue weighted by molar-refractivity contribution is 0.395. The summed E-state index contributed by atoms with van der Waals surface area (Å²) in [6, 6.07) is 6.67. The standard InChI is InChI=1S/C13H21BrN2/c1-9-5-6-10(14)7-11(9)12(16-4)8-13(2,3)15/h5-7,12,16H,8,15H2,1-4H3. The largest absolute Gasteiger partial charge is 0.325 e. The van der Waals surface area contributed by atoms with Gasteiger partial charge in [0, 0.05) is 16.1 Å². The van der Waals surface area contributed by atoms with Crippen molar-refractivity contribution < 1.29 is 0 Å². The van der Waals surface area contributed by atoms with Crippen molar-refractivity contribution in [1.82, 2.24) is 5.32 Å². The Labute approximate surface area is 107 Å². The predicted molar refractivity (Wildman–Crippen MR) is 73.6 cm³/mol. The molecule has 0 radical (unpaired) electrons. The van der Waals surface area contributed by atoms with Crippen LogP contribution in [-0.4, -0.2) is 12.6 Å². The first kappa shape index (κ1) is 13.7. The number of hydrogen-bond donors (Lipinski definition) is 2. The van der Waals surface area contributed by atoms with Gasteiger partial charge in [0.2, 0.25) is 0 Å². The van der Waals surface area contributed by atoms with Gasteiger partial charge in [0.15, 0.2) is 0 Å². The van der Waals surface area contributed by atoms with E-state index in [1.165, 1.54) is 11.1 Å². The maximum atomic E-state index is 6.09. The van der Waals surface area contributed by atoms with Crippen LogP contribution in [0.1, 0.15) is 37.4 Å². The Bertz CT molecular complexity index is 355.